The first-order valence-corrected chi connectivity index (χ1v) is 18.4. The number of hydrogen-bond acceptors (Lipinski definition) is 5. The van der Waals surface area contributed by atoms with Gasteiger partial charge < -0.3 is 35.2 Å². The third-order valence-electron chi connectivity index (χ3n) is 9.40. The number of aromatic amines is 2. The van der Waals surface area contributed by atoms with Gasteiger partial charge in [-0.1, -0.05) is 62.2 Å². The van der Waals surface area contributed by atoms with E-state index in [2.05, 4.69) is 95.7 Å². The fourth-order valence-electron chi connectivity index (χ4n) is 6.98. The van der Waals surface area contributed by atoms with Crippen molar-refractivity contribution >= 4 is 53.7 Å². The monoisotopic (exact) mass is 786 g/mol. The van der Waals surface area contributed by atoms with Gasteiger partial charge >= 0.3 is 0 Å². The Balaban J connectivity index is 0.000000142. The van der Waals surface area contributed by atoms with Crippen molar-refractivity contribution in [2.75, 3.05) is 21.3 Å². The zero-order valence-electron chi connectivity index (χ0n) is 28.2. The van der Waals surface area contributed by atoms with Crippen LogP contribution in [0.3, 0.4) is 0 Å². The van der Waals surface area contributed by atoms with Crippen LogP contribution in [0.1, 0.15) is 65.8 Å². The summed E-state index contributed by atoms with van der Waals surface area (Å²) in [6.45, 7) is 0.813. The summed E-state index contributed by atoms with van der Waals surface area (Å²) < 4.78 is 17.8. The van der Waals surface area contributed by atoms with E-state index in [1.807, 2.05) is 36.4 Å². The van der Waals surface area contributed by atoms with Gasteiger partial charge in [0.25, 0.3) is 0 Å². The Morgan fingerprint density at radius 2 is 1.18 bits per heavy atom. The van der Waals surface area contributed by atoms with Crippen LogP contribution >= 0.6 is 31.9 Å². The molecule has 49 heavy (non-hydrogen) atoms. The van der Waals surface area contributed by atoms with Gasteiger partial charge in [0.15, 0.2) is 11.5 Å². The third kappa shape index (κ3) is 8.01. The predicted molar refractivity (Wildman–Crippen MR) is 207 cm³/mol. The number of nitrogens with two attached hydrogens (primary N) is 1. The zero-order chi connectivity index (χ0) is 34.3. The number of para-hydroxylation sites is 3. The number of nitrogens with one attached hydrogen (secondary N) is 3. The molecule has 2 heterocycles. The maximum absolute atomic E-state index is 6.11. The maximum Gasteiger partial charge on any atom is 0.160 e. The summed E-state index contributed by atoms with van der Waals surface area (Å²) >= 11 is 7.11. The van der Waals surface area contributed by atoms with Crippen LogP contribution < -0.4 is 25.3 Å². The number of aromatic nitrogens is 2. The summed E-state index contributed by atoms with van der Waals surface area (Å²) in [6, 6.07) is 29.2. The minimum atomic E-state index is 0.194. The molecule has 0 fully saturated rings. The lowest BCUT2D eigenvalue weighted by atomic mass is 9.91. The molecular weight excluding hydrogens is 744 g/mol. The number of rotatable bonds is 6. The van der Waals surface area contributed by atoms with Gasteiger partial charge in [0, 0.05) is 66.3 Å². The highest BCUT2D eigenvalue weighted by Gasteiger charge is 2.24. The normalized spacial score (nSPS) is 16.4. The third-order valence-corrected chi connectivity index (χ3v) is 10.4. The first-order chi connectivity index (χ1) is 23.9. The second-order valence-electron chi connectivity index (χ2n) is 12.4. The maximum atomic E-state index is 6.11. The molecule has 7 nitrogen and oxygen atoms in total. The number of fused-ring (bicyclic) bond motifs is 6. The number of hydrogen-bond donors (Lipinski definition) is 4. The molecule has 0 unspecified atom stereocenters. The molecule has 4 aromatic carbocycles. The van der Waals surface area contributed by atoms with Crippen LogP contribution in [-0.2, 0) is 19.4 Å². The minimum Gasteiger partial charge on any atom is -0.496 e. The Bertz CT molecular complexity index is 2000. The smallest absolute Gasteiger partial charge is 0.160 e. The van der Waals surface area contributed by atoms with Crippen molar-refractivity contribution in [2.45, 2.75) is 57.2 Å². The summed E-state index contributed by atoms with van der Waals surface area (Å²) in [4.78, 5) is 7.09. The van der Waals surface area contributed by atoms with Crippen LogP contribution in [-0.4, -0.2) is 31.3 Å². The van der Waals surface area contributed by atoms with Crippen LogP contribution in [0.4, 0.5) is 0 Å². The van der Waals surface area contributed by atoms with E-state index in [1.54, 1.807) is 21.3 Å². The molecule has 2 aromatic heterocycles. The number of halogens is 2. The number of benzene rings is 4. The molecule has 2 aliphatic carbocycles. The van der Waals surface area contributed by atoms with E-state index < -0.39 is 0 Å². The van der Waals surface area contributed by atoms with Crippen molar-refractivity contribution < 1.29 is 14.2 Å². The highest BCUT2D eigenvalue weighted by Crippen LogP contribution is 2.37. The molecule has 0 saturated carbocycles. The van der Waals surface area contributed by atoms with E-state index >= 15 is 0 Å². The molecule has 256 valence electrons. The van der Waals surface area contributed by atoms with Gasteiger partial charge in [0.2, 0.25) is 0 Å². The predicted octanol–water partition coefficient (Wildman–Crippen LogP) is 10.1. The quantitative estimate of drug-likeness (QED) is 0.135. The average Bonchev–Trinajstić information content (AvgIpc) is 3.70. The molecular formula is C40H44Br2N4O3. The van der Waals surface area contributed by atoms with Crippen LogP contribution in [0, 0.1) is 0 Å². The molecule has 0 aliphatic heterocycles. The summed E-state index contributed by atoms with van der Waals surface area (Å²) in [7, 11) is 4.98. The lowest BCUT2D eigenvalue weighted by Gasteiger charge is -2.24. The van der Waals surface area contributed by atoms with Crippen molar-refractivity contribution in [1.82, 2.24) is 15.3 Å². The molecule has 2 aliphatic rings. The van der Waals surface area contributed by atoms with Crippen molar-refractivity contribution in [3.05, 3.63) is 122 Å². The lowest BCUT2D eigenvalue weighted by Crippen LogP contribution is -2.25. The highest BCUT2D eigenvalue weighted by atomic mass is 79.9. The zero-order valence-corrected chi connectivity index (χ0v) is 31.4. The fraction of sp³-hybridized carbons (Fsp3) is 0.300. The number of aryl methyl sites for hydroxylation is 2. The van der Waals surface area contributed by atoms with E-state index in [-0.39, 0.29) is 6.04 Å². The van der Waals surface area contributed by atoms with Crippen molar-refractivity contribution in [3.63, 3.8) is 0 Å². The summed E-state index contributed by atoms with van der Waals surface area (Å²) in [6.07, 6.45) is 6.99. The Kier molecular flexibility index (Phi) is 11.7. The van der Waals surface area contributed by atoms with Crippen LogP contribution in [0.2, 0.25) is 0 Å². The second kappa shape index (κ2) is 16.3. The SMILES string of the molecule is COc1ccccc1CN[C@@H]1CCCc2c1[nH]c1ccc(Br)cc21.COc1ccccc1OC.N[C@@H]1CCCc2c1[nH]c1ccc(Br)cc21. The topological polar surface area (TPSA) is 97.3 Å². The van der Waals surface area contributed by atoms with Crippen molar-refractivity contribution in [1.29, 1.82) is 0 Å². The molecule has 0 spiro atoms. The summed E-state index contributed by atoms with van der Waals surface area (Å²) in [5.41, 5.74) is 15.2. The first kappa shape index (κ1) is 35.1. The Morgan fingerprint density at radius 1 is 0.673 bits per heavy atom. The number of methoxy groups -OCH3 is 3. The summed E-state index contributed by atoms with van der Waals surface area (Å²) in [5.74, 6) is 2.48. The Labute approximate surface area is 305 Å². The largest absolute Gasteiger partial charge is 0.496 e. The summed E-state index contributed by atoms with van der Waals surface area (Å²) in [5, 5.41) is 6.40. The number of ether oxygens (including phenoxy) is 3. The van der Waals surface area contributed by atoms with E-state index in [0.717, 1.165) is 58.4 Å². The second-order valence-corrected chi connectivity index (χ2v) is 14.2. The van der Waals surface area contributed by atoms with Gasteiger partial charge in [-0.2, -0.15) is 0 Å². The van der Waals surface area contributed by atoms with Gasteiger partial charge in [0.05, 0.1) is 21.3 Å². The fourth-order valence-corrected chi connectivity index (χ4v) is 7.70. The average molecular weight is 789 g/mol. The molecule has 6 aromatic rings. The van der Waals surface area contributed by atoms with Gasteiger partial charge in [-0.3, -0.25) is 0 Å². The molecule has 0 radical (unpaired) electrons. The molecule has 8 rings (SSSR count). The highest BCUT2D eigenvalue weighted by molar-refractivity contribution is 9.10. The van der Waals surface area contributed by atoms with Gasteiger partial charge in [0.1, 0.15) is 5.75 Å². The van der Waals surface area contributed by atoms with Gasteiger partial charge in [-0.25, -0.2) is 0 Å². The Hall–Kier alpha value is -3.76. The van der Waals surface area contributed by atoms with Crippen molar-refractivity contribution in [3.8, 4) is 17.2 Å². The van der Waals surface area contributed by atoms with Crippen LogP contribution in [0.25, 0.3) is 21.8 Å². The first-order valence-electron chi connectivity index (χ1n) is 16.8. The van der Waals surface area contributed by atoms with Gasteiger partial charge in [-0.05, 0) is 104 Å². The molecule has 5 N–H and O–H groups in total. The van der Waals surface area contributed by atoms with Gasteiger partial charge in [-0.15, -0.1) is 0 Å². The molecule has 0 amide bonds. The number of H-pyrrole nitrogens is 2. The standard InChI is InChI=1S/C20H21BrN2O.C12H13BrN2.C8H10O2/c1-24-19-8-3-2-5-13(19)12-22-18-7-4-6-15-16-11-14(21)9-10-17(16)23-20(15)18;13-7-4-5-11-9(6-7)8-2-1-3-10(14)12(8)15-11;1-9-7-5-3-4-6-8(7)10-2/h2-3,5,8-11,18,22-23H,4,6-7,12H2,1H3;4-6,10,15H,1-3,14H2;3-6H,1-2H3/t18-;10-;/m11./s1. The van der Waals surface area contributed by atoms with Crippen molar-refractivity contribution in [2.24, 2.45) is 5.73 Å². The molecule has 0 bridgehead atoms. The van der Waals surface area contributed by atoms with Crippen LogP contribution in [0.5, 0.6) is 17.2 Å². The molecule has 9 heteroatoms. The van der Waals surface area contributed by atoms with E-state index in [4.69, 9.17) is 19.9 Å². The van der Waals surface area contributed by atoms with Crippen LogP contribution in [0.15, 0.2) is 93.9 Å². The van der Waals surface area contributed by atoms with E-state index in [9.17, 15) is 0 Å². The molecule has 0 saturated heterocycles. The Morgan fingerprint density at radius 3 is 1.78 bits per heavy atom. The van der Waals surface area contributed by atoms with E-state index in [1.165, 1.54) is 62.7 Å². The molecule has 2 atom stereocenters. The minimum absolute atomic E-state index is 0.194. The van der Waals surface area contributed by atoms with E-state index in [0.29, 0.717) is 6.04 Å². The lowest BCUT2D eigenvalue weighted by molar-refractivity contribution is 0.355.